The van der Waals surface area contributed by atoms with Crippen LogP contribution in [0, 0.1) is 13.8 Å². The molecule has 5 aromatic rings. The van der Waals surface area contributed by atoms with Gasteiger partial charge < -0.3 is 8.37 Å². The largest absolute Gasteiger partial charge is 0.379 e. The normalized spacial score (nSPS) is 11.8. The molecule has 0 aromatic heterocycles. The molecule has 5 aromatic carbocycles. The van der Waals surface area contributed by atoms with E-state index in [2.05, 4.69) is 0 Å². The summed E-state index contributed by atoms with van der Waals surface area (Å²) in [6.45, 7) is 3.76. The molecule has 0 aliphatic heterocycles. The van der Waals surface area contributed by atoms with Gasteiger partial charge in [-0.05, 0) is 79.1 Å². The molecule has 0 saturated carbocycles. The van der Waals surface area contributed by atoms with Crippen molar-refractivity contribution in [3.63, 3.8) is 0 Å². The van der Waals surface area contributed by atoms with Gasteiger partial charge in [0.15, 0.2) is 0 Å². The first-order chi connectivity index (χ1) is 19.6. The maximum absolute atomic E-state index is 12.7. The highest BCUT2D eigenvalue weighted by Crippen LogP contribution is 2.34. The van der Waals surface area contributed by atoms with Crippen LogP contribution in [-0.4, -0.2) is 16.8 Å². The molecular weight excluding hydrogens is 556 g/mol. The summed E-state index contributed by atoms with van der Waals surface area (Å²) >= 11 is 0. The lowest BCUT2D eigenvalue weighted by molar-refractivity contribution is 0.484. The van der Waals surface area contributed by atoms with E-state index >= 15 is 0 Å². The molecule has 0 unspecified atom stereocenters. The summed E-state index contributed by atoms with van der Waals surface area (Å²) in [5.74, 6) is 0.194. The van der Waals surface area contributed by atoms with E-state index in [4.69, 9.17) is 8.37 Å². The van der Waals surface area contributed by atoms with Crippen molar-refractivity contribution in [2.75, 3.05) is 0 Å². The summed E-state index contributed by atoms with van der Waals surface area (Å²) in [6.07, 6.45) is 0. The van der Waals surface area contributed by atoms with Gasteiger partial charge in [0.05, 0.1) is 0 Å². The van der Waals surface area contributed by atoms with Crippen LogP contribution >= 0.6 is 0 Å². The molecule has 0 fully saturated rings. The fraction of sp³-hybridized carbons (Fsp3) is 0.0909. The van der Waals surface area contributed by atoms with Gasteiger partial charge in [-0.25, -0.2) is 0 Å². The van der Waals surface area contributed by atoms with Crippen molar-refractivity contribution in [3.8, 4) is 11.5 Å². The lowest BCUT2D eigenvalue weighted by Crippen LogP contribution is -2.10. The fourth-order valence-electron chi connectivity index (χ4n) is 4.41. The first kappa shape index (κ1) is 28.1. The maximum Gasteiger partial charge on any atom is 0.339 e. The van der Waals surface area contributed by atoms with E-state index < -0.39 is 20.2 Å². The molecule has 0 amide bonds. The van der Waals surface area contributed by atoms with Gasteiger partial charge in [-0.2, -0.15) is 16.8 Å². The third kappa shape index (κ3) is 6.67. The third-order valence-corrected chi connectivity index (χ3v) is 9.11. The number of benzene rings is 5. The van der Waals surface area contributed by atoms with Crippen molar-refractivity contribution in [1.29, 1.82) is 0 Å². The van der Waals surface area contributed by atoms with Crippen LogP contribution in [0.1, 0.15) is 33.7 Å². The minimum atomic E-state index is -3.97. The highest BCUT2D eigenvalue weighted by Gasteiger charge is 2.21. The van der Waals surface area contributed by atoms with Gasteiger partial charge in [0.2, 0.25) is 0 Å². The smallest absolute Gasteiger partial charge is 0.339 e. The molecule has 0 aliphatic rings. The van der Waals surface area contributed by atoms with Crippen LogP contribution in [0.25, 0.3) is 0 Å². The standard InChI is InChI=1S/C33H28O6S2/c1-24-8-20-31(21-9-24)40(34,35)38-29-16-12-27(13-17-29)33(26-6-4-3-5-7-26)28-14-18-30(19-15-28)39-41(36,37)32-22-10-25(2)11-23-32/h3-23,33H,1-2H3. The number of aryl methyl sites for hydroxylation is 2. The Morgan fingerprint density at radius 2 is 0.780 bits per heavy atom. The zero-order valence-corrected chi connectivity index (χ0v) is 24.1. The van der Waals surface area contributed by atoms with Crippen molar-refractivity contribution in [2.24, 2.45) is 0 Å². The van der Waals surface area contributed by atoms with Crippen molar-refractivity contribution >= 4 is 20.2 Å². The van der Waals surface area contributed by atoms with E-state index in [1.807, 2.05) is 68.4 Å². The summed E-state index contributed by atoms with van der Waals surface area (Å²) in [6, 6.07) is 36.6. The Bertz CT molecular complexity index is 1710. The molecule has 0 radical (unpaired) electrons. The lowest BCUT2D eigenvalue weighted by Gasteiger charge is -2.20. The van der Waals surface area contributed by atoms with Crippen LogP contribution in [0.15, 0.2) is 137 Å². The molecule has 208 valence electrons. The topological polar surface area (TPSA) is 86.7 Å². The number of hydrogen-bond acceptors (Lipinski definition) is 6. The predicted molar refractivity (Wildman–Crippen MR) is 158 cm³/mol. The molecule has 0 saturated heterocycles. The molecule has 0 bridgehead atoms. The van der Waals surface area contributed by atoms with Gasteiger partial charge in [0, 0.05) is 5.92 Å². The minimum absolute atomic E-state index is 0.0843. The second-order valence-corrected chi connectivity index (χ2v) is 12.8. The quantitative estimate of drug-likeness (QED) is 0.137. The van der Waals surface area contributed by atoms with E-state index in [0.717, 1.165) is 27.8 Å². The molecule has 8 heteroatoms. The van der Waals surface area contributed by atoms with E-state index in [9.17, 15) is 16.8 Å². The van der Waals surface area contributed by atoms with E-state index in [1.165, 1.54) is 24.3 Å². The number of rotatable bonds is 9. The van der Waals surface area contributed by atoms with Gasteiger partial charge in [0.1, 0.15) is 21.3 Å². The highest BCUT2D eigenvalue weighted by atomic mass is 32.2. The van der Waals surface area contributed by atoms with Gasteiger partial charge in [-0.3, -0.25) is 0 Å². The molecule has 5 rings (SSSR count). The van der Waals surface area contributed by atoms with Crippen molar-refractivity contribution < 1.29 is 25.2 Å². The molecule has 41 heavy (non-hydrogen) atoms. The second kappa shape index (κ2) is 11.6. The van der Waals surface area contributed by atoms with Crippen LogP contribution in [0.3, 0.4) is 0 Å². The Morgan fingerprint density at radius 1 is 0.439 bits per heavy atom. The molecule has 0 atom stereocenters. The van der Waals surface area contributed by atoms with Crippen molar-refractivity contribution in [3.05, 3.63) is 155 Å². The SMILES string of the molecule is Cc1ccc(S(=O)(=O)Oc2ccc(C(c3ccccc3)c3ccc(OS(=O)(=O)c4ccc(C)cc4)cc3)cc2)cc1. The van der Waals surface area contributed by atoms with Crippen LogP contribution in [0.5, 0.6) is 11.5 Å². The first-order valence-electron chi connectivity index (χ1n) is 12.9. The van der Waals surface area contributed by atoms with E-state index in [1.54, 1.807) is 48.5 Å². The average molecular weight is 585 g/mol. The Kier molecular flexibility index (Phi) is 7.97. The third-order valence-electron chi connectivity index (χ3n) is 6.59. The monoisotopic (exact) mass is 584 g/mol. The van der Waals surface area contributed by atoms with Crippen molar-refractivity contribution in [2.45, 2.75) is 29.6 Å². The summed E-state index contributed by atoms with van der Waals surface area (Å²) in [7, 11) is -7.95. The Labute approximate surface area is 241 Å². The fourth-order valence-corrected chi connectivity index (χ4v) is 6.27. The van der Waals surface area contributed by atoms with Gasteiger partial charge in [-0.1, -0.05) is 90.0 Å². The van der Waals surface area contributed by atoms with Crippen LogP contribution in [0.4, 0.5) is 0 Å². The van der Waals surface area contributed by atoms with E-state index in [-0.39, 0.29) is 27.2 Å². The zero-order chi connectivity index (χ0) is 29.0. The van der Waals surface area contributed by atoms with Gasteiger partial charge in [-0.15, -0.1) is 0 Å². The predicted octanol–water partition coefficient (Wildman–Crippen LogP) is 7.02. The molecule has 0 spiro atoms. The summed E-state index contributed by atoms with van der Waals surface area (Å²) in [5.41, 5.74) is 4.71. The highest BCUT2D eigenvalue weighted by molar-refractivity contribution is 7.87. The van der Waals surface area contributed by atoms with E-state index in [0.29, 0.717) is 0 Å². The average Bonchev–Trinajstić information content (AvgIpc) is 2.96. The maximum atomic E-state index is 12.7. The Hall–Kier alpha value is -4.40. The van der Waals surface area contributed by atoms with Crippen LogP contribution < -0.4 is 8.37 Å². The van der Waals surface area contributed by atoms with Gasteiger partial charge in [0.25, 0.3) is 0 Å². The molecule has 0 aliphatic carbocycles. The van der Waals surface area contributed by atoms with Crippen molar-refractivity contribution in [1.82, 2.24) is 0 Å². The summed E-state index contributed by atoms with van der Waals surface area (Å²) in [4.78, 5) is 0.169. The Balaban J connectivity index is 1.40. The first-order valence-corrected chi connectivity index (χ1v) is 15.7. The summed E-state index contributed by atoms with van der Waals surface area (Å²) < 4.78 is 61.7. The lowest BCUT2D eigenvalue weighted by atomic mass is 9.85. The molecule has 0 N–H and O–H groups in total. The van der Waals surface area contributed by atoms with Gasteiger partial charge >= 0.3 is 20.2 Å². The molecule has 0 heterocycles. The molecular formula is C33H28O6S2. The second-order valence-electron chi connectivity index (χ2n) is 9.68. The van der Waals surface area contributed by atoms with Crippen LogP contribution in [-0.2, 0) is 20.2 Å². The molecule has 6 nitrogen and oxygen atoms in total. The Morgan fingerprint density at radius 3 is 1.15 bits per heavy atom. The minimum Gasteiger partial charge on any atom is -0.379 e. The number of hydrogen-bond donors (Lipinski definition) is 0. The summed E-state index contributed by atoms with van der Waals surface area (Å²) in [5, 5.41) is 0. The zero-order valence-electron chi connectivity index (χ0n) is 22.5. The van der Waals surface area contributed by atoms with Crippen LogP contribution in [0.2, 0.25) is 0 Å².